The van der Waals surface area contributed by atoms with Crippen molar-refractivity contribution in [2.24, 2.45) is 11.7 Å². The molecule has 0 rings (SSSR count). The van der Waals surface area contributed by atoms with Crippen LogP contribution in [0.1, 0.15) is 40.0 Å². The highest BCUT2D eigenvalue weighted by atomic mass is 16.5. The van der Waals surface area contributed by atoms with Gasteiger partial charge in [0, 0.05) is 19.3 Å². The summed E-state index contributed by atoms with van der Waals surface area (Å²) in [6.07, 6.45) is 3.47. The van der Waals surface area contributed by atoms with E-state index in [4.69, 9.17) is 10.5 Å². The Labute approximate surface area is 76.5 Å². The maximum Gasteiger partial charge on any atom is 0.0465 e. The van der Waals surface area contributed by atoms with Crippen LogP contribution < -0.4 is 5.73 Å². The van der Waals surface area contributed by atoms with E-state index in [1.165, 1.54) is 6.42 Å². The second-order valence-electron chi connectivity index (χ2n) is 3.60. The van der Waals surface area contributed by atoms with Crippen LogP contribution in [0.2, 0.25) is 0 Å². The van der Waals surface area contributed by atoms with Crippen LogP contribution in [-0.4, -0.2) is 19.3 Å². The fraction of sp³-hybridized carbons (Fsp3) is 1.00. The number of rotatable bonds is 7. The average molecular weight is 173 g/mol. The van der Waals surface area contributed by atoms with E-state index in [2.05, 4.69) is 13.8 Å². The van der Waals surface area contributed by atoms with Crippen LogP contribution in [0.4, 0.5) is 0 Å². The minimum absolute atomic E-state index is 0.367. The maximum absolute atomic E-state index is 5.89. The topological polar surface area (TPSA) is 35.2 Å². The summed E-state index contributed by atoms with van der Waals surface area (Å²) >= 11 is 0. The molecule has 2 N–H and O–H groups in total. The Balaban J connectivity index is 3.08. The van der Waals surface area contributed by atoms with Crippen LogP contribution in [0.5, 0.6) is 0 Å². The number of nitrogens with two attached hydrogens (primary N) is 1. The molecule has 0 bridgehead atoms. The molecule has 2 heteroatoms. The summed E-state index contributed by atoms with van der Waals surface area (Å²) < 4.78 is 5.23. The molecule has 0 spiro atoms. The lowest BCUT2D eigenvalue weighted by Gasteiger charge is -2.14. The molecule has 0 heterocycles. The van der Waals surface area contributed by atoms with Gasteiger partial charge >= 0.3 is 0 Å². The van der Waals surface area contributed by atoms with Gasteiger partial charge in [-0.3, -0.25) is 0 Å². The standard InChI is InChI=1S/C10H23NO/c1-4-12-8-6-5-7-10(11)9(2)3/h9-10H,4-8,11H2,1-3H3. The lowest BCUT2D eigenvalue weighted by atomic mass is 10.00. The molecule has 0 saturated heterocycles. The van der Waals surface area contributed by atoms with E-state index >= 15 is 0 Å². The van der Waals surface area contributed by atoms with E-state index in [0.717, 1.165) is 26.1 Å². The molecule has 0 saturated carbocycles. The maximum atomic E-state index is 5.89. The summed E-state index contributed by atoms with van der Waals surface area (Å²) in [6, 6.07) is 0.367. The summed E-state index contributed by atoms with van der Waals surface area (Å²) in [5, 5.41) is 0. The van der Waals surface area contributed by atoms with Crippen molar-refractivity contribution < 1.29 is 4.74 Å². The quantitative estimate of drug-likeness (QED) is 0.599. The van der Waals surface area contributed by atoms with Gasteiger partial charge in [-0.2, -0.15) is 0 Å². The minimum atomic E-state index is 0.367. The molecule has 0 amide bonds. The van der Waals surface area contributed by atoms with Crippen molar-refractivity contribution in [1.82, 2.24) is 0 Å². The van der Waals surface area contributed by atoms with Gasteiger partial charge in [-0.05, 0) is 32.1 Å². The number of hydrogen-bond donors (Lipinski definition) is 1. The molecular weight excluding hydrogens is 150 g/mol. The van der Waals surface area contributed by atoms with Gasteiger partial charge in [-0.1, -0.05) is 13.8 Å². The highest BCUT2D eigenvalue weighted by Crippen LogP contribution is 2.07. The Kier molecular flexibility index (Phi) is 7.51. The zero-order valence-corrected chi connectivity index (χ0v) is 8.68. The zero-order valence-electron chi connectivity index (χ0n) is 8.68. The van der Waals surface area contributed by atoms with Crippen LogP contribution in [-0.2, 0) is 4.74 Å². The van der Waals surface area contributed by atoms with Gasteiger partial charge in [0.2, 0.25) is 0 Å². The Morgan fingerprint density at radius 2 is 1.92 bits per heavy atom. The molecule has 1 unspecified atom stereocenters. The third-order valence-corrected chi connectivity index (χ3v) is 2.14. The summed E-state index contributed by atoms with van der Waals surface area (Å²) in [5.74, 6) is 0.608. The van der Waals surface area contributed by atoms with Crippen LogP contribution >= 0.6 is 0 Å². The summed E-state index contributed by atoms with van der Waals surface area (Å²) in [7, 11) is 0. The predicted molar refractivity (Wildman–Crippen MR) is 53.2 cm³/mol. The van der Waals surface area contributed by atoms with Gasteiger partial charge in [0.25, 0.3) is 0 Å². The van der Waals surface area contributed by atoms with E-state index in [1.54, 1.807) is 0 Å². The van der Waals surface area contributed by atoms with Crippen molar-refractivity contribution in [3.8, 4) is 0 Å². The molecule has 12 heavy (non-hydrogen) atoms. The van der Waals surface area contributed by atoms with Crippen molar-refractivity contribution in [1.29, 1.82) is 0 Å². The molecule has 0 aromatic carbocycles. The van der Waals surface area contributed by atoms with Crippen LogP contribution in [0.25, 0.3) is 0 Å². The first-order valence-electron chi connectivity index (χ1n) is 5.01. The van der Waals surface area contributed by atoms with E-state index < -0.39 is 0 Å². The Morgan fingerprint density at radius 3 is 2.42 bits per heavy atom. The molecular formula is C10H23NO. The largest absolute Gasteiger partial charge is 0.382 e. The molecule has 0 aromatic heterocycles. The Bertz CT molecular complexity index is 93.8. The first-order valence-corrected chi connectivity index (χ1v) is 5.01. The van der Waals surface area contributed by atoms with Gasteiger partial charge in [0.05, 0.1) is 0 Å². The molecule has 0 aliphatic carbocycles. The third-order valence-electron chi connectivity index (χ3n) is 2.14. The summed E-state index contributed by atoms with van der Waals surface area (Å²) in [4.78, 5) is 0. The summed E-state index contributed by atoms with van der Waals surface area (Å²) in [6.45, 7) is 8.10. The van der Waals surface area contributed by atoms with E-state index in [9.17, 15) is 0 Å². The number of unbranched alkanes of at least 4 members (excludes halogenated alkanes) is 1. The molecule has 74 valence electrons. The molecule has 0 fully saturated rings. The second kappa shape index (κ2) is 7.56. The smallest absolute Gasteiger partial charge is 0.0465 e. The van der Waals surface area contributed by atoms with Crippen molar-refractivity contribution in [3.05, 3.63) is 0 Å². The van der Waals surface area contributed by atoms with Crippen molar-refractivity contribution in [2.45, 2.75) is 46.1 Å². The van der Waals surface area contributed by atoms with Crippen molar-refractivity contribution >= 4 is 0 Å². The highest BCUT2D eigenvalue weighted by Gasteiger charge is 2.05. The lowest BCUT2D eigenvalue weighted by molar-refractivity contribution is 0.142. The van der Waals surface area contributed by atoms with Crippen molar-refractivity contribution in [3.63, 3.8) is 0 Å². The molecule has 1 atom stereocenters. The number of ether oxygens (including phenoxy) is 1. The Morgan fingerprint density at radius 1 is 1.25 bits per heavy atom. The lowest BCUT2D eigenvalue weighted by Crippen LogP contribution is -2.26. The fourth-order valence-electron chi connectivity index (χ4n) is 1.06. The molecule has 2 nitrogen and oxygen atoms in total. The van der Waals surface area contributed by atoms with Gasteiger partial charge in [0.15, 0.2) is 0 Å². The SMILES string of the molecule is CCOCCCCC(N)C(C)C. The number of hydrogen-bond acceptors (Lipinski definition) is 2. The predicted octanol–water partition coefficient (Wildman–Crippen LogP) is 2.18. The van der Waals surface area contributed by atoms with Gasteiger partial charge < -0.3 is 10.5 Å². The van der Waals surface area contributed by atoms with Gasteiger partial charge in [-0.25, -0.2) is 0 Å². The molecule has 0 aliphatic heterocycles. The summed E-state index contributed by atoms with van der Waals surface area (Å²) in [5.41, 5.74) is 5.89. The third kappa shape index (κ3) is 6.62. The first-order chi connectivity index (χ1) is 5.68. The monoisotopic (exact) mass is 173 g/mol. The van der Waals surface area contributed by atoms with Crippen LogP contribution in [0, 0.1) is 5.92 Å². The van der Waals surface area contributed by atoms with Gasteiger partial charge in [-0.15, -0.1) is 0 Å². The van der Waals surface area contributed by atoms with Crippen LogP contribution in [0.15, 0.2) is 0 Å². The van der Waals surface area contributed by atoms with E-state index in [-0.39, 0.29) is 0 Å². The van der Waals surface area contributed by atoms with Gasteiger partial charge in [0.1, 0.15) is 0 Å². The Hall–Kier alpha value is -0.0800. The molecule has 0 radical (unpaired) electrons. The van der Waals surface area contributed by atoms with E-state index in [0.29, 0.717) is 12.0 Å². The fourth-order valence-corrected chi connectivity index (χ4v) is 1.06. The first kappa shape index (κ1) is 11.9. The van der Waals surface area contributed by atoms with Crippen LogP contribution in [0.3, 0.4) is 0 Å². The second-order valence-corrected chi connectivity index (χ2v) is 3.60. The normalized spacial score (nSPS) is 13.8. The van der Waals surface area contributed by atoms with Crippen molar-refractivity contribution in [2.75, 3.05) is 13.2 Å². The van der Waals surface area contributed by atoms with E-state index in [1.807, 2.05) is 6.92 Å². The minimum Gasteiger partial charge on any atom is -0.382 e. The zero-order chi connectivity index (χ0) is 9.40. The average Bonchev–Trinajstić information content (AvgIpc) is 2.03. The molecule has 0 aromatic rings. The highest BCUT2D eigenvalue weighted by molar-refractivity contribution is 4.64. The molecule has 0 aliphatic rings.